The number of nitrogens with zero attached hydrogens (tertiary/aromatic N) is 5. The van der Waals surface area contributed by atoms with Crippen molar-refractivity contribution in [3.8, 4) is 0 Å². The van der Waals surface area contributed by atoms with Crippen molar-refractivity contribution in [2.45, 2.75) is 32.7 Å². The van der Waals surface area contributed by atoms with Gasteiger partial charge in [0.2, 0.25) is 0 Å². The third-order valence-corrected chi connectivity index (χ3v) is 4.16. The zero-order valence-electron chi connectivity index (χ0n) is 12.6. The van der Waals surface area contributed by atoms with Crippen LogP contribution in [0.5, 0.6) is 0 Å². The predicted octanol–water partition coefficient (Wildman–Crippen LogP) is 1.39. The summed E-state index contributed by atoms with van der Waals surface area (Å²) in [7, 11) is 1.83. The van der Waals surface area contributed by atoms with Crippen molar-refractivity contribution in [2.24, 2.45) is 7.05 Å². The van der Waals surface area contributed by atoms with Gasteiger partial charge >= 0.3 is 0 Å². The SMILES string of the molecule is Cc1nn(C)c2n[nH]c(NC(=O)c3cnc4n3CCCC4)c12. The van der Waals surface area contributed by atoms with Gasteiger partial charge in [-0.15, -0.1) is 0 Å². The lowest BCUT2D eigenvalue weighted by atomic mass is 10.1. The van der Waals surface area contributed by atoms with Gasteiger partial charge < -0.3 is 9.88 Å². The molecule has 0 radical (unpaired) electrons. The fourth-order valence-corrected chi connectivity index (χ4v) is 3.10. The highest BCUT2D eigenvalue weighted by molar-refractivity contribution is 6.07. The van der Waals surface area contributed by atoms with Crippen molar-refractivity contribution < 1.29 is 4.79 Å². The Labute approximate surface area is 126 Å². The Morgan fingerprint density at radius 1 is 1.41 bits per heavy atom. The molecule has 0 atom stereocenters. The van der Waals surface area contributed by atoms with Crippen LogP contribution in [-0.4, -0.2) is 35.4 Å². The van der Waals surface area contributed by atoms with Crippen molar-refractivity contribution in [2.75, 3.05) is 5.32 Å². The van der Waals surface area contributed by atoms with E-state index < -0.39 is 0 Å². The van der Waals surface area contributed by atoms with E-state index in [-0.39, 0.29) is 5.91 Å². The lowest BCUT2D eigenvalue weighted by Gasteiger charge is -2.15. The number of hydrogen-bond acceptors (Lipinski definition) is 4. The summed E-state index contributed by atoms with van der Waals surface area (Å²) < 4.78 is 3.69. The summed E-state index contributed by atoms with van der Waals surface area (Å²) >= 11 is 0. The summed E-state index contributed by atoms with van der Waals surface area (Å²) in [5.41, 5.74) is 2.15. The first-order valence-corrected chi connectivity index (χ1v) is 7.38. The number of aryl methyl sites for hydroxylation is 3. The van der Waals surface area contributed by atoms with Crippen molar-refractivity contribution in [3.05, 3.63) is 23.4 Å². The number of anilines is 1. The number of nitrogens with one attached hydrogen (secondary N) is 2. The van der Waals surface area contributed by atoms with E-state index in [9.17, 15) is 4.79 Å². The Morgan fingerprint density at radius 3 is 3.14 bits per heavy atom. The molecule has 2 N–H and O–H groups in total. The van der Waals surface area contributed by atoms with Crippen LogP contribution in [0.25, 0.3) is 11.0 Å². The Balaban J connectivity index is 1.68. The fraction of sp³-hybridized carbons (Fsp3) is 0.429. The average molecular weight is 299 g/mol. The number of amides is 1. The van der Waals surface area contributed by atoms with Crippen LogP contribution in [0.2, 0.25) is 0 Å². The van der Waals surface area contributed by atoms with Gasteiger partial charge in [0.15, 0.2) is 5.65 Å². The number of aromatic nitrogens is 6. The summed E-state index contributed by atoms with van der Waals surface area (Å²) in [5, 5.41) is 15.1. The quantitative estimate of drug-likeness (QED) is 0.747. The minimum Gasteiger partial charge on any atom is -0.324 e. The van der Waals surface area contributed by atoms with Gasteiger partial charge in [-0.1, -0.05) is 0 Å². The molecule has 0 aliphatic carbocycles. The highest BCUT2D eigenvalue weighted by Crippen LogP contribution is 2.24. The molecule has 1 aliphatic rings. The van der Waals surface area contributed by atoms with Crippen molar-refractivity contribution in [1.29, 1.82) is 0 Å². The van der Waals surface area contributed by atoms with Gasteiger partial charge in [-0.3, -0.25) is 9.89 Å². The largest absolute Gasteiger partial charge is 0.324 e. The molecule has 3 aromatic heterocycles. The van der Waals surface area contributed by atoms with Crippen LogP contribution in [0.3, 0.4) is 0 Å². The van der Waals surface area contributed by atoms with E-state index in [0.717, 1.165) is 48.4 Å². The zero-order chi connectivity index (χ0) is 15.3. The van der Waals surface area contributed by atoms with Crippen molar-refractivity contribution >= 4 is 22.8 Å². The van der Waals surface area contributed by atoms with E-state index in [1.54, 1.807) is 10.9 Å². The first-order valence-electron chi connectivity index (χ1n) is 7.38. The molecule has 0 saturated heterocycles. The second-order valence-corrected chi connectivity index (χ2v) is 5.63. The summed E-state index contributed by atoms with van der Waals surface area (Å²) in [4.78, 5) is 16.9. The third-order valence-electron chi connectivity index (χ3n) is 4.16. The first kappa shape index (κ1) is 13.1. The highest BCUT2D eigenvalue weighted by Gasteiger charge is 2.21. The molecule has 8 nitrogen and oxygen atoms in total. The Hall–Kier alpha value is -2.64. The van der Waals surface area contributed by atoms with Crippen molar-refractivity contribution in [1.82, 2.24) is 29.5 Å². The predicted molar refractivity (Wildman–Crippen MR) is 80.7 cm³/mol. The number of rotatable bonds is 2. The fourth-order valence-electron chi connectivity index (χ4n) is 3.10. The molecule has 0 bridgehead atoms. The van der Waals surface area contributed by atoms with E-state index in [2.05, 4.69) is 25.6 Å². The summed E-state index contributed by atoms with van der Waals surface area (Å²) in [5.74, 6) is 1.40. The third kappa shape index (κ3) is 1.83. The van der Waals surface area contributed by atoms with Crippen LogP contribution in [0.1, 0.15) is 34.8 Å². The number of imidazole rings is 1. The maximum atomic E-state index is 12.6. The van der Waals surface area contributed by atoms with Crippen LogP contribution in [0.4, 0.5) is 5.82 Å². The molecular formula is C14H17N7O. The maximum absolute atomic E-state index is 12.6. The van der Waals surface area contributed by atoms with Crippen LogP contribution < -0.4 is 5.32 Å². The molecule has 0 unspecified atom stereocenters. The molecule has 4 rings (SSSR count). The smallest absolute Gasteiger partial charge is 0.275 e. The van der Waals surface area contributed by atoms with Gasteiger partial charge in [-0.05, 0) is 19.8 Å². The first-order chi connectivity index (χ1) is 10.6. The lowest BCUT2D eigenvalue weighted by molar-refractivity contribution is 0.101. The second-order valence-electron chi connectivity index (χ2n) is 5.63. The molecular weight excluding hydrogens is 282 g/mol. The van der Waals surface area contributed by atoms with Gasteiger partial charge in [0, 0.05) is 20.0 Å². The number of aromatic amines is 1. The Bertz CT molecular complexity index is 869. The van der Waals surface area contributed by atoms with Gasteiger partial charge in [-0.25, -0.2) is 9.67 Å². The van der Waals surface area contributed by atoms with Crippen LogP contribution in [-0.2, 0) is 20.0 Å². The number of carbonyl (C=O) groups excluding carboxylic acids is 1. The lowest BCUT2D eigenvalue weighted by Crippen LogP contribution is -2.20. The minimum absolute atomic E-state index is 0.172. The molecule has 114 valence electrons. The molecule has 4 heterocycles. The number of carbonyl (C=O) groups is 1. The van der Waals surface area contributed by atoms with Crippen LogP contribution in [0, 0.1) is 6.92 Å². The minimum atomic E-state index is -0.172. The van der Waals surface area contributed by atoms with Crippen LogP contribution in [0.15, 0.2) is 6.20 Å². The van der Waals surface area contributed by atoms with Crippen LogP contribution >= 0.6 is 0 Å². The van der Waals surface area contributed by atoms with E-state index in [1.165, 1.54) is 0 Å². The Morgan fingerprint density at radius 2 is 2.27 bits per heavy atom. The molecule has 1 amide bonds. The molecule has 8 heteroatoms. The van der Waals surface area contributed by atoms with E-state index in [0.29, 0.717) is 11.5 Å². The molecule has 0 saturated carbocycles. The highest BCUT2D eigenvalue weighted by atomic mass is 16.2. The van der Waals surface area contributed by atoms with Gasteiger partial charge in [0.05, 0.1) is 17.3 Å². The molecule has 3 aromatic rings. The topological polar surface area (TPSA) is 93.4 Å². The van der Waals surface area contributed by atoms with Gasteiger partial charge in [0.25, 0.3) is 5.91 Å². The number of H-pyrrole nitrogens is 1. The molecule has 0 fully saturated rings. The summed E-state index contributed by atoms with van der Waals surface area (Å²) in [6.07, 6.45) is 4.80. The van der Waals surface area contributed by atoms with Gasteiger partial charge in [0.1, 0.15) is 17.3 Å². The van der Waals surface area contributed by atoms with Gasteiger partial charge in [-0.2, -0.15) is 10.2 Å². The molecule has 22 heavy (non-hydrogen) atoms. The van der Waals surface area contributed by atoms with E-state index in [1.807, 2.05) is 18.5 Å². The number of hydrogen-bond donors (Lipinski definition) is 2. The summed E-state index contributed by atoms with van der Waals surface area (Å²) in [6.45, 7) is 2.75. The molecule has 0 spiro atoms. The average Bonchev–Trinajstić information content (AvgIpc) is 3.16. The number of fused-ring (bicyclic) bond motifs is 2. The van der Waals surface area contributed by atoms with E-state index in [4.69, 9.17) is 0 Å². The standard InChI is InChI=1S/C14H17N7O/c1-8-11-12(17-18-13(11)20(2)19-8)16-14(22)9-7-15-10-5-3-4-6-21(9)10/h7H,3-6H2,1-2H3,(H2,16,17,18,22). The molecule has 0 aromatic carbocycles. The van der Waals surface area contributed by atoms with Crippen molar-refractivity contribution in [3.63, 3.8) is 0 Å². The van der Waals surface area contributed by atoms with E-state index >= 15 is 0 Å². The zero-order valence-corrected chi connectivity index (χ0v) is 12.6. The maximum Gasteiger partial charge on any atom is 0.275 e. The normalized spacial score (nSPS) is 14.3. The monoisotopic (exact) mass is 299 g/mol. The molecule has 1 aliphatic heterocycles. The summed E-state index contributed by atoms with van der Waals surface area (Å²) in [6, 6.07) is 0. The second kappa shape index (κ2) is 4.69. The Kier molecular flexibility index (Phi) is 2.78.